The predicted molar refractivity (Wildman–Crippen MR) is 94.2 cm³/mol. The number of carbonyl (C=O) groups is 1. The lowest BCUT2D eigenvalue weighted by Gasteiger charge is -2.16. The number of hydrogen-bond acceptors (Lipinski definition) is 3. The number of ether oxygens (including phenoxy) is 2. The molecule has 1 atom stereocenters. The zero-order valence-electron chi connectivity index (χ0n) is 13.4. The number of hydrogen-bond donors (Lipinski definition) is 1. The molecule has 5 heteroatoms. The van der Waals surface area contributed by atoms with Gasteiger partial charge in [-0.15, -0.1) is 0 Å². The Morgan fingerprint density at radius 2 is 1.96 bits per heavy atom. The molecule has 0 bridgehead atoms. The summed E-state index contributed by atoms with van der Waals surface area (Å²) in [5.74, 6) is 1.02. The molecule has 0 fully saturated rings. The van der Waals surface area contributed by atoms with Gasteiger partial charge in [0.15, 0.2) is 11.5 Å². The number of halogens is 1. The maximum atomic E-state index is 12.5. The molecule has 0 saturated heterocycles. The zero-order valence-corrected chi connectivity index (χ0v) is 15.0. The second-order valence-electron chi connectivity index (χ2n) is 5.02. The molecular weight excluding hydrogens is 358 g/mol. The minimum absolute atomic E-state index is 0.115. The second kappa shape index (κ2) is 8.02. The van der Waals surface area contributed by atoms with Crippen molar-refractivity contribution in [3.05, 3.63) is 58.1 Å². The van der Waals surface area contributed by atoms with Gasteiger partial charge < -0.3 is 14.8 Å². The molecule has 0 aromatic heterocycles. The molecule has 0 heterocycles. The largest absolute Gasteiger partial charge is 0.493 e. The van der Waals surface area contributed by atoms with Gasteiger partial charge in [0, 0.05) is 10.0 Å². The smallest absolute Gasteiger partial charge is 0.251 e. The van der Waals surface area contributed by atoms with E-state index in [1.54, 1.807) is 25.3 Å². The van der Waals surface area contributed by atoms with Crippen LogP contribution in [0.4, 0.5) is 0 Å². The second-order valence-corrected chi connectivity index (χ2v) is 5.87. The van der Waals surface area contributed by atoms with E-state index in [0.717, 1.165) is 10.0 Å². The number of benzene rings is 2. The summed E-state index contributed by atoms with van der Waals surface area (Å²) in [6.07, 6.45) is 0. The van der Waals surface area contributed by atoms with Gasteiger partial charge in [0.2, 0.25) is 0 Å². The van der Waals surface area contributed by atoms with Crippen molar-refractivity contribution in [1.82, 2.24) is 5.32 Å². The third-order valence-corrected chi connectivity index (χ3v) is 4.17. The van der Waals surface area contributed by atoms with Crippen molar-refractivity contribution >= 4 is 21.8 Å². The highest BCUT2D eigenvalue weighted by Crippen LogP contribution is 2.28. The van der Waals surface area contributed by atoms with Crippen LogP contribution >= 0.6 is 15.9 Å². The van der Waals surface area contributed by atoms with Gasteiger partial charge >= 0.3 is 0 Å². The molecule has 1 amide bonds. The summed E-state index contributed by atoms with van der Waals surface area (Å²) < 4.78 is 11.7. The zero-order chi connectivity index (χ0) is 16.8. The first-order valence-electron chi connectivity index (χ1n) is 7.43. The first-order valence-corrected chi connectivity index (χ1v) is 8.22. The Morgan fingerprint density at radius 1 is 1.22 bits per heavy atom. The van der Waals surface area contributed by atoms with Crippen LogP contribution in [0.25, 0.3) is 0 Å². The molecule has 0 aliphatic heterocycles. The lowest BCUT2D eigenvalue weighted by Crippen LogP contribution is -2.26. The predicted octanol–water partition coefficient (Wildman–Crippen LogP) is 4.35. The SMILES string of the molecule is CCOc1ccc(C(=O)N[C@@H](C)c2ccccc2Br)cc1OC. The third kappa shape index (κ3) is 4.26. The van der Waals surface area contributed by atoms with Crippen LogP contribution in [0.1, 0.15) is 35.8 Å². The van der Waals surface area contributed by atoms with Gasteiger partial charge in [-0.05, 0) is 43.7 Å². The van der Waals surface area contributed by atoms with E-state index < -0.39 is 0 Å². The lowest BCUT2D eigenvalue weighted by atomic mass is 10.1. The van der Waals surface area contributed by atoms with Crippen molar-refractivity contribution in [3.8, 4) is 11.5 Å². The number of carbonyl (C=O) groups excluding carboxylic acids is 1. The number of nitrogens with one attached hydrogen (secondary N) is 1. The fourth-order valence-corrected chi connectivity index (χ4v) is 2.90. The van der Waals surface area contributed by atoms with Crippen molar-refractivity contribution in [2.75, 3.05) is 13.7 Å². The van der Waals surface area contributed by atoms with Crippen molar-refractivity contribution in [1.29, 1.82) is 0 Å². The van der Waals surface area contributed by atoms with Crippen LogP contribution in [0.3, 0.4) is 0 Å². The molecule has 0 unspecified atom stereocenters. The topological polar surface area (TPSA) is 47.6 Å². The average Bonchev–Trinajstić information content (AvgIpc) is 2.55. The van der Waals surface area contributed by atoms with Gasteiger partial charge in [-0.2, -0.15) is 0 Å². The van der Waals surface area contributed by atoms with Gasteiger partial charge in [0.25, 0.3) is 5.91 Å². The molecule has 0 aliphatic rings. The molecule has 0 radical (unpaired) electrons. The summed E-state index contributed by atoms with van der Waals surface area (Å²) in [6, 6.07) is 12.9. The van der Waals surface area contributed by atoms with Crippen molar-refractivity contribution < 1.29 is 14.3 Å². The Bertz CT molecular complexity index is 688. The Balaban J connectivity index is 2.16. The normalized spacial score (nSPS) is 11.7. The maximum Gasteiger partial charge on any atom is 0.251 e. The lowest BCUT2D eigenvalue weighted by molar-refractivity contribution is 0.0939. The first kappa shape index (κ1) is 17.3. The van der Waals surface area contributed by atoms with E-state index in [1.807, 2.05) is 38.1 Å². The summed E-state index contributed by atoms with van der Waals surface area (Å²) in [6.45, 7) is 4.39. The molecule has 2 rings (SSSR count). The van der Waals surface area contributed by atoms with Crippen LogP contribution in [0.5, 0.6) is 11.5 Å². The number of amides is 1. The Morgan fingerprint density at radius 3 is 2.61 bits per heavy atom. The summed E-state index contributed by atoms with van der Waals surface area (Å²) in [5, 5.41) is 2.99. The molecule has 122 valence electrons. The standard InChI is InChI=1S/C18H20BrNO3/c1-4-23-16-10-9-13(11-17(16)22-3)18(21)20-12(2)14-7-5-6-8-15(14)19/h5-12H,4H2,1-3H3,(H,20,21)/t12-/m0/s1. The van der Waals surface area contributed by atoms with Gasteiger partial charge in [-0.1, -0.05) is 34.1 Å². The monoisotopic (exact) mass is 377 g/mol. The van der Waals surface area contributed by atoms with Crippen LogP contribution in [0.2, 0.25) is 0 Å². The van der Waals surface area contributed by atoms with E-state index in [9.17, 15) is 4.79 Å². The number of methoxy groups -OCH3 is 1. The molecule has 23 heavy (non-hydrogen) atoms. The van der Waals surface area contributed by atoms with Gasteiger partial charge in [0.1, 0.15) is 0 Å². The highest BCUT2D eigenvalue weighted by atomic mass is 79.9. The molecule has 0 spiro atoms. The van der Waals surface area contributed by atoms with Gasteiger partial charge in [-0.25, -0.2) is 0 Å². The van der Waals surface area contributed by atoms with Gasteiger partial charge in [0.05, 0.1) is 19.8 Å². The fourth-order valence-electron chi connectivity index (χ4n) is 2.27. The van der Waals surface area contributed by atoms with E-state index in [2.05, 4.69) is 21.2 Å². The van der Waals surface area contributed by atoms with Gasteiger partial charge in [-0.3, -0.25) is 4.79 Å². The van der Waals surface area contributed by atoms with Crippen LogP contribution in [0, 0.1) is 0 Å². The fraction of sp³-hybridized carbons (Fsp3) is 0.278. The Hall–Kier alpha value is -2.01. The molecule has 0 aliphatic carbocycles. The van der Waals surface area contributed by atoms with E-state index in [-0.39, 0.29) is 11.9 Å². The molecule has 0 saturated carbocycles. The minimum atomic E-state index is -0.158. The molecule has 4 nitrogen and oxygen atoms in total. The molecule has 1 N–H and O–H groups in total. The summed E-state index contributed by atoms with van der Waals surface area (Å²) in [5.41, 5.74) is 1.56. The van der Waals surface area contributed by atoms with Crippen LogP contribution < -0.4 is 14.8 Å². The van der Waals surface area contributed by atoms with E-state index in [0.29, 0.717) is 23.7 Å². The minimum Gasteiger partial charge on any atom is -0.493 e. The van der Waals surface area contributed by atoms with E-state index in [1.165, 1.54) is 0 Å². The highest BCUT2D eigenvalue weighted by Gasteiger charge is 2.15. The van der Waals surface area contributed by atoms with Crippen LogP contribution in [-0.2, 0) is 0 Å². The van der Waals surface area contributed by atoms with Crippen LogP contribution in [0.15, 0.2) is 46.9 Å². The van der Waals surface area contributed by atoms with Crippen molar-refractivity contribution in [2.24, 2.45) is 0 Å². The van der Waals surface area contributed by atoms with Crippen LogP contribution in [-0.4, -0.2) is 19.6 Å². The molecule has 2 aromatic carbocycles. The number of rotatable bonds is 6. The average molecular weight is 378 g/mol. The quantitative estimate of drug-likeness (QED) is 0.813. The van der Waals surface area contributed by atoms with E-state index >= 15 is 0 Å². The van der Waals surface area contributed by atoms with E-state index in [4.69, 9.17) is 9.47 Å². The third-order valence-electron chi connectivity index (χ3n) is 3.44. The molecule has 2 aromatic rings. The summed E-state index contributed by atoms with van der Waals surface area (Å²) in [7, 11) is 1.56. The Kier molecular flexibility index (Phi) is 6.04. The van der Waals surface area contributed by atoms with Crippen molar-refractivity contribution in [3.63, 3.8) is 0 Å². The molecular formula is C18H20BrNO3. The maximum absolute atomic E-state index is 12.5. The summed E-state index contributed by atoms with van der Waals surface area (Å²) in [4.78, 5) is 12.5. The summed E-state index contributed by atoms with van der Waals surface area (Å²) >= 11 is 3.50. The Labute approximate surface area is 144 Å². The van der Waals surface area contributed by atoms with Crippen molar-refractivity contribution in [2.45, 2.75) is 19.9 Å². The highest BCUT2D eigenvalue weighted by molar-refractivity contribution is 9.10. The first-order chi connectivity index (χ1) is 11.1.